The van der Waals surface area contributed by atoms with Gasteiger partial charge in [0.25, 0.3) is 0 Å². The third-order valence-electron chi connectivity index (χ3n) is 5.20. The van der Waals surface area contributed by atoms with Crippen molar-refractivity contribution in [1.82, 2.24) is 0 Å². The molecule has 0 radical (unpaired) electrons. The van der Waals surface area contributed by atoms with E-state index in [-0.39, 0.29) is 10.9 Å². The van der Waals surface area contributed by atoms with Crippen LogP contribution in [0.5, 0.6) is 11.5 Å². The molecule has 0 spiro atoms. The molecule has 3 aromatic carbocycles. The van der Waals surface area contributed by atoms with Gasteiger partial charge in [-0.2, -0.15) is 4.39 Å². The molecule has 0 heterocycles. The van der Waals surface area contributed by atoms with Gasteiger partial charge in [-0.3, -0.25) is 4.79 Å². The van der Waals surface area contributed by atoms with Gasteiger partial charge in [-0.1, -0.05) is 55.6 Å². The summed E-state index contributed by atoms with van der Waals surface area (Å²) in [7, 11) is 0. The highest BCUT2D eigenvalue weighted by atomic mass is 32.2. The lowest BCUT2D eigenvalue weighted by molar-refractivity contribution is -0.138. The quantitative estimate of drug-likeness (QED) is 0.0754. The molecule has 0 saturated carbocycles. The van der Waals surface area contributed by atoms with Crippen molar-refractivity contribution in [2.75, 3.05) is 13.2 Å². The van der Waals surface area contributed by atoms with Crippen LogP contribution in [0, 0.1) is 0 Å². The Morgan fingerprint density at radius 3 is 2.03 bits per heavy atom. The van der Waals surface area contributed by atoms with E-state index in [9.17, 15) is 18.8 Å². The van der Waals surface area contributed by atoms with Crippen LogP contribution in [0.2, 0.25) is 0 Å². The van der Waals surface area contributed by atoms with Crippen LogP contribution in [0.1, 0.15) is 18.4 Å². The summed E-state index contributed by atoms with van der Waals surface area (Å²) >= 11 is 1.12. The van der Waals surface area contributed by atoms with Crippen LogP contribution in [-0.4, -0.2) is 30.3 Å². The topological polar surface area (TPSA) is 78.9 Å². The second-order valence-corrected chi connectivity index (χ2v) is 9.17. The lowest BCUT2D eigenvalue weighted by Gasteiger charge is -2.07. The molecule has 0 unspecified atom stereocenters. The van der Waals surface area contributed by atoms with Crippen molar-refractivity contribution in [1.29, 1.82) is 0 Å². The summed E-state index contributed by atoms with van der Waals surface area (Å²) in [4.78, 5) is 35.4. The molecule has 3 rings (SSSR count). The van der Waals surface area contributed by atoms with Crippen molar-refractivity contribution in [3.8, 4) is 22.6 Å². The van der Waals surface area contributed by atoms with Crippen molar-refractivity contribution in [2.24, 2.45) is 0 Å². The van der Waals surface area contributed by atoms with Crippen LogP contribution in [0.3, 0.4) is 0 Å². The molecule has 39 heavy (non-hydrogen) atoms. The maximum atomic E-state index is 12.8. The number of hydrogen-bond acceptors (Lipinski definition) is 7. The minimum atomic E-state index is -1.16. The summed E-state index contributed by atoms with van der Waals surface area (Å²) in [6.45, 7) is 7.08. The number of esters is 2. The predicted molar refractivity (Wildman–Crippen MR) is 150 cm³/mol. The Morgan fingerprint density at radius 1 is 0.821 bits per heavy atom. The van der Waals surface area contributed by atoms with Crippen molar-refractivity contribution in [3.63, 3.8) is 0 Å². The molecule has 0 saturated heterocycles. The van der Waals surface area contributed by atoms with Crippen LogP contribution in [0.25, 0.3) is 17.2 Å². The molecule has 0 fully saturated rings. The summed E-state index contributed by atoms with van der Waals surface area (Å²) in [6, 6.07) is 21.5. The molecule has 0 aliphatic carbocycles. The van der Waals surface area contributed by atoms with Gasteiger partial charge >= 0.3 is 11.9 Å². The third kappa shape index (κ3) is 10.1. The van der Waals surface area contributed by atoms with Crippen LogP contribution < -0.4 is 9.47 Å². The van der Waals surface area contributed by atoms with Crippen LogP contribution in [0.15, 0.2) is 109 Å². The Labute approximate surface area is 230 Å². The molecule has 200 valence electrons. The van der Waals surface area contributed by atoms with Crippen LogP contribution >= 0.6 is 11.8 Å². The molecule has 0 aliphatic heterocycles. The summed E-state index contributed by atoms with van der Waals surface area (Å²) in [5, 5.41) is -0.108. The first-order valence-electron chi connectivity index (χ1n) is 12.0. The van der Waals surface area contributed by atoms with E-state index < -0.39 is 17.8 Å². The Morgan fingerprint density at radius 2 is 1.41 bits per heavy atom. The third-order valence-corrected chi connectivity index (χ3v) is 6.05. The molecular formula is C31H27FO6S. The van der Waals surface area contributed by atoms with Crippen molar-refractivity contribution < 1.29 is 33.0 Å². The highest BCUT2D eigenvalue weighted by molar-refractivity contribution is 8.14. The average molecular weight is 547 g/mol. The highest BCUT2D eigenvalue weighted by Crippen LogP contribution is 2.25. The maximum Gasteiger partial charge on any atom is 0.371 e. The number of thioether (sulfide) groups is 1. The summed E-state index contributed by atoms with van der Waals surface area (Å²) in [5.74, 6) is -1.78. The number of rotatable bonds is 13. The van der Waals surface area contributed by atoms with E-state index in [1.807, 2.05) is 48.5 Å². The zero-order chi connectivity index (χ0) is 28.0. The zero-order valence-electron chi connectivity index (χ0n) is 21.1. The SMILES string of the molecule is C=CC(=O)OCCCCOc1ccc(SC(=O)/C=C/c2ccc(-c3ccc(OC(=O)C(=C)F)cc3)cc2)cc1. The van der Waals surface area contributed by atoms with E-state index >= 15 is 0 Å². The molecule has 0 N–H and O–H groups in total. The summed E-state index contributed by atoms with van der Waals surface area (Å²) < 4.78 is 28.2. The summed E-state index contributed by atoms with van der Waals surface area (Å²) in [5.41, 5.74) is 2.68. The van der Waals surface area contributed by atoms with E-state index in [4.69, 9.17) is 14.2 Å². The van der Waals surface area contributed by atoms with Crippen molar-refractivity contribution in [3.05, 3.63) is 109 Å². The number of unbranched alkanes of at least 4 members (excludes halogenated alkanes) is 1. The van der Waals surface area contributed by atoms with Gasteiger partial charge < -0.3 is 14.2 Å². The van der Waals surface area contributed by atoms with Gasteiger partial charge in [0, 0.05) is 11.0 Å². The first-order valence-corrected chi connectivity index (χ1v) is 12.8. The zero-order valence-corrected chi connectivity index (χ0v) is 22.0. The van der Waals surface area contributed by atoms with Crippen LogP contribution in [0.4, 0.5) is 4.39 Å². The van der Waals surface area contributed by atoms with Gasteiger partial charge in [-0.15, -0.1) is 0 Å². The van der Waals surface area contributed by atoms with Gasteiger partial charge in [-0.25, -0.2) is 9.59 Å². The van der Waals surface area contributed by atoms with E-state index in [2.05, 4.69) is 13.2 Å². The Bertz CT molecular complexity index is 1330. The number of carbonyl (C=O) groups excluding carboxylic acids is 3. The van der Waals surface area contributed by atoms with Gasteiger partial charge in [0.1, 0.15) is 11.5 Å². The van der Waals surface area contributed by atoms with Crippen molar-refractivity contribution in [2.45, 2.75) is 17.7 Å². The fourth-order valence-electron chi connectivity index (χ4n) is 3.21. The molecule has 0 bridgehead atoms. The lowest BCUT2D eigenvalue weighted by atomic mass is 10.0. The first kappa shape index (κ1) is 29.1. The fourth-order valence-corrected chi connectivity index (χ4v) is 3.85. The minimum Gasteiger partial charge on any atom is -0.494 e. The second-order valence-electron chi connectivity index (χ2n) is 8.09. The number of benzene rings is 3. The standard InChI is InChI=1S/C31H27FO6S/c1-3-29(33)37-21-5-4-20-36-26-15-17-28(18-16-26)39-30(34)19-8-23-6-9-24(10-7-23)25-11-13-27(14-12-25)38-31(35)22(2)32/h3,6-19H,1-2,4-5,20-21H2/b19-8+. The minimum absolute atomic E-state index is 0.108. The van der Waals surface area contributed by atoms with Crippen LogP contribution in [-0.2, 0) is 19.1 Å². The summed E-state index contributed by atoms with van der Waals surface area (Å²) in [6.07, 6.45) is 5.84. The Balaban J connectivity index is 1.43. The van der Waals surface area contributed by atoms with Crippen molar-refractivity contribution >= 4 is 34.9 Å². The molecule has 8 heteroatoms. The van der Waals surface area contributed by atoms with Gasteiger partial charge in [0.2, 0.25) is 10.9 Å². The molecule has 0 aromatic heterocycles. The van der Waals surface area contributed by atoms with E-state index in [0.29, 0.717) is 25.4 Å². The molecule has 6 nitrogen and oxygen atoms in total. The monoisotopic (exact) mass is 546 g/mol. The van der Waals surface area contributed by atoms with Gasteiger partial charge in [0.15, 0.2) is 0 Å². The molecular weight excluding hydrogens is 519 g/mol. The maximum absolute atomic E-state index is 12.8. The lowest BCUT2D eigenvalue weighted by Crippen LogP contribution is -2.07. The smallest absolute Gasteiger partial charge is 0.371 e. The van der Waals surface area contributed by atoms with E-state index in [1.165, 1.54) is 6.08 Å². The van der Waals surface area contributed by atoms with Gasteiger partial charge in [0.05, 0.1) is 13.2 Å². The second kappa shape index (κ2) is 15.1. The molecule has 3 aromatic rings. The molecule has 0 atom stereocenters. The fraction of sp³-hybridized carbons (Fsp3) is 0.129. The highest BCUT2D eigenvalue weighted by Gasteiger charge is 2.09. The molecule has 0 amide bonds. The number of halogens is 1. The predicted octanol–water partition coefficient (Wildman–Crippen LogP) is 6.96. The number of ether oxygens (including phenoxy) is 3. The Hall–Kier alpha value is -4.43. The average Bonchev–Trinajstić information content (AvgIpc) is 2.95. The number of hydrogen-bond donors (Lipinski definition) is 0. The first-order chi connectivity index (χ1) is 18.8. The van der Waals surface area contributed by atoms with E-state index in [0.717, 1.165) is 45.8 Å². The molecule has 0 aliphatic rings. The number of carbonyl (C=O) groups is 3. The van der Waals surface area contributed by atoms with Gasteiger partial charge in [-0.05, 0) is 83.8 Å². The largest absolute Gasteiger partial charge is 0.494 e. The Kier molecular flexibility index (Phi) is 11.3. The van der Waals surface area contributed by atoms with E-state index in [1.54, 1.807) is 30.3 Å². The normalized spacial score (nSPS) is 10.6.